The highest BCUT2D eigenvalue weighted by Crippen LogP contribution is 2.12. The second-order valence-electron chi connectivity index (χ2n) is 5.28. The third-order valence-corrected chi connectivity index (χ3v) is 3.34. The van der Waals surface area contributed by atoms with E-state index in [0.717, 1.165) is 12.8 Å². The minimum atomic E-state index is -0.225. The van der Waals surface area contributed by atoms with Crippen LogP contribution in [0, 0.1) is 0 Å². The van der Waals surface area contributed by atoms with Gasteiger partial charge < -0.3 is 20.5 Å². The van der Waals surface area contributed by atoms with Crippen molar-refractivity contribution in [2.45, 2.75) is 38.8 Å². The number of carbonyl (C=O) groups is 1. The molecule has 0 aromatic heterocycles. The van der Waals surface area contributed by atoms with E-state index in [0.29, 0.717) is 13.2 Å². The summed E-state index contributed by atoms with van der Waals surface area (Å²) < 4.78 is 4.90. The Morgan fingerprint density at radius 1 is 1.29 bits per heavy atom. The fourth-order valence-electron chi connectivity index (χ4n) is 2.06. The Hall–Kier alpha value is -1.59. The molecule has 0 aliphatic rings. The number of hydrogen-bond donors (Lipinski definition) is 3. The third-order valence-electron chi connectivity index (χ3n) is 3.34. The largest absolute Gasteiger partial charge is 0.508 e. The molecule has 0 aliphatic carbocycles. The van der Waals surface area contributed by atoms with Crippen molar-refractivity contribution in [1.82, 2.24) is 10.6 Å². The van der Waals surface area contributed by atoms with E-state index in [4.69, 9.17) is 4.74 Å². The number of aromatic hydroxyl groups is 1. The zero-order valence-corrected chi connectivity index (χ0v) is 13.1. The summed E-state index contributed by atoms with van der Waals surface area (Å²) in [5, 5.41) is 15.3. The van der Waals surface area contributed by atoms with E-state index in [2.05, 4.69) is 17.6 Å². The molecular weight excluding hydrogens is 268 g/mol. The van der Waals surface area contributed by atoms with Gasteiger partial charge in [0.15, 0.2) is 0 Å². The van der Waals surface area contributed by atoms with Crippen molar-refractivity contribution in [1.29, 1.82) is 0 Å². The van der Waals surface area contributed by atoms with Gasteiger partial charge in [0.1, 0.15) is 5.75 Å². The average Bonchev–Trinajstić information content (AvgIpc) is 2.46. The molecule has 5 heteroatoms. The predicted molar refractivity (Wildman–Crippen MR) is 83.4 cm³/mol. The maximum Gasteiger partial charge on any atom is 0.236 e. The molecule has 2 unspecified atom stereocenters. The smallest absolute Gasteiger partial charge is 0.236 e. The fourth-order valence-corrected chi connectivity index (χ4v) is 2.06. The first-order valence-corrected chi connectivity index (χ1v) is 7.33. The van der Waals surface area contributed by atoms with Crippen LogP contribution >= 0.6 is 0 Å². The van der Waals surface area contributed by atoms with Gasteiger partial charge >= 0.3 is 0 Å². The number of hydrogen-bond acceptors (Lipinski definition) is 4. The lowest BCUT2D eigenvalue weighted by Gasteiger charge is -2.19. The molecule has 1 aromatic rings. The predicted octanol–water partition coefficient (Wildman–Crippen LogP) is 1.45. The molecule has 1 aromatic carbocycles. The number of rotatable bonds is 9. The lowest BCUT2D eigenvalue weighted by molar-refractivity contribution is -0.123. The van der Waals surface area contributed by atoms with Crippen molar-refractivity contribution < 1.29 is 14.6 Å². The Bertz CT molecular complexity index is 420. The van der Waals surface area contributed by atoms with E-state index in [1.807, 2.05) is 19.1 Å². The van der Waals surface area contributed by atoms with E-state index in [1.165, 1.54) is 5.56 Å². The summed E-state index contributed by atoms with van der Waals surface area (Å²) in [5.74, 6) is 0.273. The first-order chi connectivity index (χ1) is 10.0. The van der Waals surface area contributed by atoms with Crippen molar-refractivity contribution in [3.63, 3.8) is 0 Å². The number of phenolic OH excluding ortho intramolecular Hbond substituents is 1. The Morgan fingerprint density at radius 3 is 2.57 bits per heavy atom. The average molecular weight is 294 g/mol. The summed E-state index contributed by atoms with van der Waals surface area (Å²) >= 11 is 0. The molecule has 0 saturated heterocycles. The Labute approximate surface area is 126 Å². The molecule has 118 valence electrons. The van der Waals surface area contributed by atoms with Crippen molar-refractivity contribution >= 4 is 5.91 Å². The lowest BCUT2D eigenvalue weighted by atomic mass is 10.1. The standard InChI is InChI=1S/C16H26N2O3/c1-12(4-5-14-6-8-15(19)9-7-14)18-13(2)16(20)17-10-11-21-3/h6-9,12-13,18-19H,4-5,10-11H2,1-3H3,(H,17,20). The minimum Gasteiger partial charge on any atom is -0.508 e. The molecule has 0 fully saturated rings. The highest BCUT2D eigenvalue weighted by atomic mass is 16.5. The van der Waals surface area contributed by atoms with Crippen LogP contribution in [-0.4, -0.2) is 43.4 Å². The van der Waals surface area contributed by atoms with Gasteiger partial charge in [-0.05, 0) is 44.4 Å². The Balaban J connectivity index is 2.27. The number of methoxy groups -OCH3 is 1. The minimum absolute atomic E-state index is 0.0106. The first kappa shape index (κ1) is 17.5. The second-order valence-corrected chi connectivity index (χ2v) is 5.28. The van der Waals surface area contributed by atoms with Crippen molar-refractivity contribution in [3.8, 4) is 5.75 Å². The van der Waals surface area contributed by atoms with Gasteiger partial charge in [-0.15, -0.1) is 0 Å². The number of nitrogens with one attached hydrogen (secondary N) is 2. The summed E-state index contributed by atoms with van der Waals surface area (Å²) in [6, 6.07) is 7.24. The maximum atomic E-state index is 11.8. The monoisotopic (exact) mass is 294 g/mol. The van der Waals surface area contributed by atoms with Gasteiger partial charge in [-0.25, -0.2) is 0 Å². The van der Waals surface area contributed by atoms with Crippen LogP contribution in [0.4, 0.5) is 0 Å². The molecule has 2 atom stereocenters. The summed E-state index contributed by atoms with van der Waals surface area (Å²) in [4.78, 5) is 11.8. The Morgan fingerprint density at radius 2 is 1.95 bits per heavy atom. The molecule has 1 amide bonds. The van der Waals surface area contributed by atoms with Gasteiger partial charge in [0, 0.05) is 19.7 Å². The van der Waals surface area contributed by atoms with Crippen LogP contribution in [0.15, 0.2) is 24.3 Å². The summed E-state index contributed by atoms with van der Waals surface area (Å²) in [7, 11) is 1.61. The SMILES string of the molecule is COCCNC(=O)C(C)NC(C)CCc1ccc(O)cc1. The van der Waals surface area contributed by atoms with Crippen LogP contribution in [0.5, 0.6) is 5.75 Å². The summed E-state index contributed by atoms with van der Waals surface area (Å²) in [5.41, 5.74) is 1.18. The van der Waals surface area contributed by atoms with Gasteiger partial charge in [-0.2, -0.15) is 0 Å². The van der Waals surface area contributed by atoms with Crippen LogP contribution in [0.3, 0.4) is 0 Å². The number of benzene rings is 1. The van der Waals surface area contributed by atoms with E-state index < -0.39 is 0 Å². The van der Waals surface area contributed by atoms with E-state index in [9.17, 15) is 9.90 Å². The topological polar surface area (TPSA) is 70.6 Å². The van der Waals surface area contributed by atoms with Gasteiger partial charge in [-0.1, -0.05) is 12.1 Å². The number of carbonyl (C=O) groups excluding carboxylic acids is 1. The van der Waals surface area contributed by atoms with Gasteiger partial charge in [-0.3, -0.25) is 4.79 Å². The van der Waals surface area contributed by atoms with Crippen LogP contribution in [0.2, 0.25) is 0 Å². The highest BCUT2D eigenvalue weighted by Gasteiger charge is 2.14. The summed E-state index contributed by atoms with van der Waals surface area (Å²) in [6.45, 7) is 4.98. The van der Waals surface area contributed by atoms with Gasteiger partial charge in [0.05, 0.1) is 12.6 Å². The highest BCUT2D eigenvalue weighted by molar-refractivity contribution is 5.81. The zero-order valence-electron chi connectivity index (χ0n) is 13.1. The molecule has 0 bridgehead atoms. The summed E-state index contributed by atoms with van der Waals surface area (Å²) in [6.07, 6.45) is 1.84. The van der Waals surface area contributed by atoms with Crippen molar-refractivity contribution in [2.75, 3.05) is 20.3 Å². The molecule has 1 rings (SSSR count). The maximum absolute atomic E-state index is 11.8. The molecule has 21 heavy (non-hydrogen) atoms. The molecular formula is C16H26N2O3. The number of ether oxygens (including phenoxy) is 1. The quantitative estimate of drug-likeness (QED) is 0.603. The molecule has 5 nitrogen and oxygen atoms in total. The molecule has 0 aliphatic heterocycles. The Kier molecular flexibility index (Phi) is 7.79. The van der Waals surface area contributed by atoms with Gasteiger partial charge in [0.25, 0.3) is 0 Å². The van der Waals surface area contributed by atoms with Crippen LogP contribution < -0.4 is 10.6 Å². The van der Waals surface area contributed by atoms with Crippen LogP contribution in [-0.2, 0) is 16.0 Å². The van der Waals surface area contributed by atoms with E-state index in [-0.39, 0.29) is 23.7 Å². The first-order valence-electron chi connectivity index (χ1n) is 7.33. The zero-order chi connectivity index (χ0) is 15.7. The van der Waals surface area contributed by atoms with Crippen LogP contribution in [0.1, 0.15) is 25.8 Å². The number of amides is 1. The number of aryl methyl sites for hydroxylation is 1. The van der Waals surface area contributed by atoms with E-state index >= 15 is 0 Å². The fraction of sp³-hybridized carbons (Fsp3) is 0.562. The number of phenols is 1. The lowest BCUT2D eigenvalue weighted by Crippen LogP contribution is -2.46. The molecule has 3 N–H and O–H groups in total. The molecule has 0 radical (unpaired) electrons. The van der Waals surface area contributed by atoms with Crippen molar-refractivity contribution in [2.24, 2.45) is 0 Å². The van der Waals surface area contributed by atoms with Gasteiger partial charge in [0.2, 0.25) is 5.91 Å². The second kappa shape index (κ2) is 9.37. The van der Waals surface area contributed by atoms with Crippen LogP contribution in [0.25, 0.3) is 0 Å². The molecule has 0 saturated carbocycles. The molecule has 0 heterocycles. The third kappa shape index (κ3) is 7.11. The van der Waals surface area contributed by atoms with E-state index in [1.54, 1.807) is 19.2 Å². The molecule has 0 spiro atoms. The van der Waals surface area contributed by atoms with Crippen molar-refractivity contribution in [3.05, 3.63) is 29.8 Å². The normalized spacial score (nSPS) is 13.7.